The van der Waals surface area contributed by atoms with Crippen LogP contribution in [0.25, 0.3) is 102 Å². The van der Waals surface area contributed by atoms with Crippen LogP contribution in [0.4, 0.5) is 0 Å². The third-order valence-corrected chi connectivity index (χ3v) is 10.2. The Bertz CT molecular complexity index is 2950. The molecule has 0 amide bonds. The number of aromatic nitrogens is 6. The molecule has 3 heterocycles. The first-order valence-electron chi connectivity index (χ1n) is 19.4. The van der Waals surface area contributed by atoms with E-state index in [1.54, 1.807) is 6.26 Å². The van der Waals surface area contributed by atoms with E-state index in [4.69, 9.17) is 34.3 Å². The molecule has 0 fully saturated rings. The molecule has 0 bridgehead atoms. The van der Waals surface area contributed by atoms with Crippen molar-refractivity contribution in [2.75, 3.05) is 0 Å². The average molecular weight is 759 g/mol. The molecular formula is C52H34N6O. The summed E-state index contributed by atoms with van der Waals surface area (Å²) in [6.07, 6.45) is 1.63. The molecule has 10 rings (SSSR count). The third-order valence-electron chi connectivity index (χ3n) is 10.2. The molecule has 0 radical (unpaired) electrons. The molecule has 0 saturated carbocycles. The maximum atomic E-state index is 5.68. The van der Waals surface area contributed by atoms with E-state index in [2.05, 4.69) is 97.1 Å². The highest BCUT2D eigenvalue weighted by molar-refractivity contribution is 5.92. The lowest BCUT2D eigenvalue weighted by Gasteiger charge is -2.15. The summed E-state index contributed by atoms with van der Waals surface area (Å²) in [5, 5.41) is 0. The van der Waals surface area contributed by atoms with Crippen molar-refractivity contribution in [3.8, 4) is 102 Å². The molecule has 10 aromatic rings. The number of furan rings is 1. The number of hydrogen-bond acceptors (Lipinski definition) is 7. The summed E-state index contributed by atoms with van der Waals surface area (Å²) >= 11 is 0. The van der Waals surface area contributed by atoms with Gasteiger partial charge in [-0.05, 0) is 45.5 Å². The molecular weight excluding hydrogens is 725 g/mol. The van der Waals surface area contributed by atoms with Crippen molar-refractivity contribution in [2.24, 2.45) is 0 Å². The van der Waals surface area contributed by atoms with E-state index in [0.717, 1.165) is 61.2 Å². The highest BCUT2D eigenvalue weighted by Crippen LogP contribution is 2.39. The molecule has 7 nitrogen and oxygen atoms in total. The maximum Gasteiger partial charge on any atom is 0.199 e. The molecule has 0 spiro atoms. The van der Waals surface area contributed by atoms with E-state index in [1.165, 1.54) is 0 Å². The minimum Gasteiger partial charge on any atom is -0.461 e. The standard InChI is InChI=1S/C52H34N6O/c1-4-15-37(16-5-1)47-53-48(38-17-6-2-7-18-38)55-50(54-47)40-30-26-35(27-31-40)42-21-10-12-23-44(42)45-24-13-11-22-43(45)36-28-32-41(33-29-36)51-56-49(39-19-8-3-9-20-39)57-52(58-51)46-25-14-34-59-46/h1-34H. The Morgan fingerprint density at radius 3 is 0.847 bits per heavy atom. The van der Waals surface area contributed by atoms with Crippen molar-refractivity contribution >= 4 is 0 Å². The highest BCUT2D eigenvalue weighted by atomic mass is 16.3. The smallest absolute Gasteiger partial charge is 0.199 e. The Kier molecular flexibility index (Phi) is 9.42. The van der Waals surface area contributed by atoms with Crippen LogP contribution in [0.2, 0.25) is 0 Å². The van der Waals surface area contributed by atoms with Gasteiger partial charge in [-0.25, -0.2) is 29.9 Å². The molecule has 0 atom stereocenters. The van der Waals surface area contributed by atoms with Crippen LogP contribution in [0.1, 0.15) is 0 Å². The van der Waals surface area contributed by atoms with Crippen LogP contribution in [0.3, 0.4) is 0 Å². The van der Waals surface area contributed by atoms with Crippen molar-refractivity contribution < 1.29 is 4.42 Å². The largest absolute Gasteiger partial charge is 0.461 e. The third kappa shape index (κ3) is 7.32. The van der Waals surface area contributed by atoms with Gasteiger partial charge in [-0.2, -0.15) is 0 Å². The molecule has 59 heavy (non-hydrogen) atoms. The molecule has 7 heteroatoms. The SMILES string of the molecule is c1ccc(-c2nc(-c3ccccc3)nc(-c3ccc(-c4ccccc4-c4ccccc4-c4ccc(-c5nc(-c6ccccc6)nc(-c6ccco6)n5)cc4)cc3)n2)cc1. The van der Waals surface area contributed by atoms with Crippen LogP contribution < -0.4 is 0 Å². The fourth-order valence-electron chi connectivity index (χ4n) is 7.21. The van der Waals surface area contributed by atoms with Crippen LogP contribution in [-0.2, 0) is 0 Å². The monoisotopic (exact) mass is 758 g/mol. The van der Waals surface area contributed by atoms with Crippen molar-refractivity contribution in [2.45, 2.75) is 0 Å². The van der Waals surface area contributed by atoms with E-state index in [-0.39, 0.29) is 0 Å². The van der Waals surface area contributed by atoms with Crippen molar-refractivity contribution in [1.82, 2.24) is 29.9 Å². The van der Waals surface area contributed by atoms with E-state index in [1.807, 2.05) is 103 Å². The van der Waals surface area contributed by atoms with E-state index >= 15 is 0 Å². The number of benzene rings is 7. The average Bonchev–Trinajstić information content (AvgIpc) is 3.88. The van der Waals surface area contributed by atoms with Crippen LogP contribution in [-0.4, -0.2) is 29.9 Å². The van der Waals surface area contributed by atoms with Gasteiger partial charge in [0.1, 0.15) is 0 Å². The zero-order valence-corrected chi connectivity index (χ0v) is 31.7. The lowest BCUT2D eigenvalue weighted by Crippen LogP contribution is -2.00. The van der Waals surface area contributed by atoms with Gasteiger partial charge in [0, 0.05) is 27.8 Å². The second-order valence-corrected chi connectivity index (χ2v) is 13.9. The van der Waals surface area contributed by atoms with Gasteiger partial charge >= 0.3 is 0 Å². The van der Waals surface area contributed by atoms with Gasteiger partial charge in [0.25, 0.3) is 0 Å². The summed E-state index contributed by atoms with van der Waals surface area (Å²) < 4.78 is 5.68. The molecule has 278 valence electrons. The molecule has 0 aliphatic carbocycles. The Morgan fingerprint density at radius 2 is 0.508 bits per heavy atom. The van der Waals surface area contributed by atoms with Gasteiger partial charge in [0.2, 0.25) is 0 Å². The van der Waals surface area contributed by atoms with Crippen LogP contribution >= 0.6 is 0 Å². The topological polar surface area (TPSA) is 90.5 Å². The summed E-state index contributed by atoms with van der Waals surface area (Å²) in [5.41, 5.74) is 11.2. The Hall–Kier alpha value is -8.16. The van der Waals surface area contributed by atoms with E-state index in [9.17, 15) is 0 Å². The summed E-state index contributed by atoms with van der Waals surface area (Å²) in [5.74, 6) is 4.13. The van der Waals surface area contributed by atoms with Crippen LogP contribution in [0.5, 0.6) is 0 Å². The van der Waals surface area contributed by atoms with Gasteiger partial charge in [0.05, 0.1) is 6.26 Å². The quantitative estimate of drug-likeness (QED) is 0.145. The minimum atomic E-state index is 0.486. The van der Waals surface area contributed by atoms with Gasteiger partial charge in [0.15, 0.2) is 40.7 Å². The second-order valence-electron chi connectivity index (χ2n) is 13.9. The first kappa shape index (κ1) is 35.3. The molecule has 7 aromatic carbocycles. The molecule has 0 N–H and O–H groups in total. The Morgan fingerprint density at radius 1 is 0.220 bits per heavy atom. The lowest BCUT2D eigenvalue weighted by molar-refractivity contribution is 0.577. The fourth-order valence-corrected chi connectivity index (χ4v) is 7.21. The Labute approximate surface area is 341 Å². The van der Waals surface area contributed by atoms with Gasteiger partial charge in [-0.1, -0.05) is 188 Å². The maximum absolute atomic E-state index is 5.68. The first-order valence-corrected chi connectivity index (χ1v) is 19.4. The second kappa shape index (κ2) is 15.8. The van der Waals surface area contributed by atoms with Crippen LogP contribution in [0, 0.1) is 0 Å². The molecule has 0 saturated heterocycles. The highest BCUT2D eigenvalue weighted by Gasteiger charge is 2.17. The van der Waals surface area contributed by atoms with Crippen molar-refractivity contribution in [3.63, 3.8) is 0 Å². The van der Waals surface area contributed by atoms with Gasteiger partial charge in [-0.15, -0.1) is 0 Å². The zero-order chi connectivity index (χ0) is 39.4. The minimum absolute atomic E-state index is 0.486. The van der Waals surface area contributed by atoms with E-state index in [0.29, 0.717) is 40.7 Å². The summed E-state index contributed by atoms with van der Waals surface area (Å²) in [4.78, 5) is 29.2. The van der Waals surface area contributed by atoms with Crippen molar-refractivity contribution in [1.29, 1.82) is 0 Å². The molecule has 0 unspecified atom stereocenters. The molecule has 0 aliphatic heterocycles. The summed E-state index contributed by atoms with van der Waals surface area (Å²) in [7, 11) is 0. The molecule has 3 aromatic heterocycles. The fraction of sp³-hybridized carbons (Fsp3) is 0. The summed E-state index contributed by atoms with van der Waals surface area (Å²) in [6, 6.07) is 67.7. The predicted octanol–water partition coefficient (Wildman–Crippen LogP) is 12.7. The van der Waals surface area contributed by atoms with Crippen molar-refractivity contribution in [3.05, 3.63) is 206 Å². The lowest BCUT2D eigenvalue weighted by atomic mass is 9.89. The predicted molar refractivity (Wildman–Crippen MR) is 234 cm³/mol. The Balaban J connectivity index is 0.985. The van der Waals surface area contributed by atoms with Gasteiger partial charge < -0.3 is 4.42 Å². The number of nitrogens with zero attached hydrogens (tertiary/aromatic N) is 6. The summed E-state index contributed by atoms with van der Waals surface area (Å²) in [6.45, 7) is 0. The van der Waals surface area contributed by atoms with Crippen LogP contribution in [0.15, 0.2) is 211 Å². The number of hydrogen-bond donors (Lipinski definition) is 0. The van der Waals surface area contributed by atoms with E-state index < -0.39 is 0 Å². The zero-order valence-electron chi connectivity index (χ0n) is 31.7. The first-order chi connectivity index (χ1) is 29.2. The van der Waals surface area contributed by atoms with Gasteiger partial charge in [-0.3, -0.25) is 0 Å². The number of rotatable bonds is 9. The normalized spacial score (nSPS) is 11.1. The molecule has 0 aliphatic rings.